The Morgan fingerprint density at radius 3 is 2.13 bits per heavy atom. The molecule has 0 aliphatic carbocycles. The lowest BCUT2D eigenvalue weighted by Gasteiger charge is -2.07. The van der Waals surface area contributed by atoms with Gasteiger partial charge in [-0.1, -0.05) is 6.07 Å². The first-order chi connectivity index (χ1) is 6.87. The second-order valence-corrected chi connectivity index (χ2v) is 6.06. The van der Waals surface area contributed by atoms with Crippen molar-refractivity contribution in [3.05, 3.63) is 29.3 Å². The van der Waals surface area contributed by atoms with E-state index in [1.807, 2.05) is 32.0 Å². The maximum atomic E-state index is 10.9. The third kappa shape index (κ3) is 4.83. The second-order valence-electron chi connectivity index (χ2n) is 3.80. The average molecular weight is 228 g/mol. The zero-order chi connectivity index (χ0) is 11.5. The van der Waals surface area contributed by atoms with Gasteiger partial charge in [-0.3, -0.25) is 0 Å². The van der Waals surface area contributed by atoms with E-state index in [-0.39, 0.29) is 12.4 Å². The summed E-state index contributed by atoms with van der Waals surface area (Å²) in [4.78, 5) is 0. The summed E-state index contributed by atoms with van der Waals surface area (Å²) in [6.45, 7) is 4.18. The maximum absolute atomic E-state index is 10.9. The number of hydrogen-bond donors (Lipinski definition) is 0. The molecule has 1 rings (SSSR count). The smallest absolute Gasteiger partial charge is 0.150 e. The molecule has 0 spiro atoms. The maximum Gasteiger partial charge on any atom is 0.150 e. The zero-order valence-corrected chi connectivity index (χ0v) is 10.1. The van der Waals surface area contributed by atoms with E-state index in [0.717, 1.165) is 16.9 Å². The number of benzene rings is 1. The van der Waals surface area contributed by atoms with Gasteiger partial charge in [0.15, 0.2) is 9.84 Å². The summed E-state index contributed by atoms with van der Waals surface area (Å²) in [6, 6.07) is 5.84. The molecule has 84 valence electrons. The quantitative estimate of drug-likeness (QED) is 0.788. The highest BCUT2D eigenvalue weighted by Crippen LogP contribution is 2.15. The molecule has 0 amide bonds. The summed E-state index contributed by atoms with van der Waals surface area (Å²) in [5.74, 6) is 0.788. The van der Waals surface area contributed by atoms with Crippen molar-refractivity contribution in [2.24, 2.45) is 0 Å². The first-order valence-electron chi connectivity index (χ1n) is 4.76. The van der Waals surface area contributed by atoms with E-state index >= 15 is 0 Å². The van der Waals surface area contributed by atoms with Gasteiger partial charge in [-0.05, 0) is 37.1 Å². The molecule has 0 saturated carbocycles. The van der Waals surface area contributed by atoms with Crippen molar-refractivity contribution in [1.29, 1.82) is 0 Å². The van der Waals surface area contributed by atoms with E-state index < -0.39 is 9.84 Å². The predicted octanol–water partition coefficient (Wildman–Crippen LogP) is 1.73. The molecule has 0 bridgehead atoms. The molecular formula is C11H16O3S. The van der Waals surface area contributed by atoms with Crippen molar-refractivity contribution in [3.8, 4) is 5.75 Å². The van der Waals surface area contributed by atoms with E-state index in [1.165, 1.54) is 6.26 Å². The molecule has 0 heterocycles. The van der Waals surface area contributed by atoms with Gasteiger partial charge in [0.25, 0.3) is 0 Å². The third-order valence-electron chi connectivity index (χ3n) is 1.92. The van der Waals surface area contributed by atoms with Crippen molar-refractivity contribution < 1.29 is 13.2 Å². The number of sulfone groups is 1. The first-order valence-corrected chi connectivity index (χ1v) is 6.82. The molecule has 0 atom stereocenters. The number of aryl methyl sites for hydroxylation is 2. The fourth-order valence-corrected chi connectivity index (χ4v) is 1.71. The van der Waals surface area contributed by atoms with E-state index in [9.17, 15) is 8.42 Å². The van der Waals surface area contributed by atoms with Gasteiger partial charge in [-0.2, -0.15) is 0 Å². The van der Waals surface area contributed by atoms with Gasteiger partial charge in [-0.25, -0.2) is 8.42 Å². The molecule has 0 saturated heterocycles. The highest BCUT2D eigenvalue weighted by Gasteiger charge is 2.03. The molecule has 0 aliphatic rings. The molecule has 4 heteroatoms. The lowest BCUT2D eigenvalue weighted by atomic mass is 10.1. The summed E-state index contributed by atoms with van der Waals surface area (Å²) in [7, 11) is -2.94. The van der Waals surface area contributed by atoms with E-state index in [0.29, 0.717) is 0 Å². The van der Waals surface area contributed by atoms with E-state index in [4.69, 9.17) is 4.74 Å². The monoisotopic (exact) mass is 228 g/mol. The van der Waals surface area contributed by atoms with Crippen LogP contribution in [0, 0.1) is 13.8 Å². The van der Waals surface area contributed by atoms with Crippen molar-refractivity contribution in [1.82, 2.24) is 0 Å². The van der Waals surface area contributed by atoms with Crippen LogP contribution in [0.3, 0.4) is 0 Å². The van der Waals surface area contributed by atoms with Crippen LogP contribution in [0.1, 0.15) is 11.1 Å². The normalized spacial score (nSPS) is 11.4. The van der Waals surface area contributed by atoms with Crippen LogP contribution in [0.4, 0.5) is 0 Å². The Kier molecular flexibility index (Phi) is 3.74. The van der Waals surface area contributed by atoms with Crippen molar-refractivity contribution in [3.63, 3.8) is 0 Å². The largest absolute Gasteiger partial charge is 0.493 e. The minimum atomic E-state index is -2.94. The minimum Gasteiger partial charge on any atom is -0.493 e. The highest BCUT2D eigenvalue weighted by atomic mass is 32.2. The predicted molar refractivity (Wildman–Crippen MR) is 61.1 cm³/mol. The Balaban J connectivity index is 2.58. The number of rotatable bonds is 4. The van der Waals surface area contributed by atoms with Gasteiger partial charge in [0.1, 0.15) is 12.4 Å². The van der Waals surface area contributed by atoms with Gasteiger partial charge in [0, 0.05) is 6.26 Å². The lowest BCUT2D eigenvalue weighted by molar-refractivity contribution is 0.340. The fourth-order valence-electron chi connectivity index (χ4n) is 1.33. The van der Waals surface area contributed by atoms with Crippen LogP contribution in [0.2, 0.25) is 0 Å². The summed E-state index contributed by atoms with van der Waals surface area (Å²) in [6.07, 6.45) is 1.21. The Labute approximate surface area is 91.0 Å². The molecule has 0 N–H and O–H groups in total. The summed E-state index contributed by atoms with van der Waals surface area (Å²) >= 11 is 0. The van der Waals surface area contributed by atoms with Crippen LogP contribution in [0.15, 0.2) is 18.2 Å². The molecule has 0 radical (unpaired) electrons. The molecule has 0 fully saturated rings. The Morgan fingerprint density at radius 1 is 1.13 bits per heavy atom. The first kappa shape index (κ1) is 12.0. The van der Waals surface area contributed by atoms with Gasteiger partial charge >= 0.3 is 0 Å². The van der Waals surface area contributed by atoms with E-state index in [2.05, 4.69) is 0 Å². The van der Waals surface area contributed by atoms with Crippen LogP contribution in [0.5, 0.6) is 5.75 Å². The molecular weight excluding hydrogens is 212 g/mol. The summed E-state index contributed by atoms with van der Waals surface area (Å²) in [5, 5.41) is 0. The summed E-state index contributed by atoms with van der Waals surface area (Å²) in [5.41, 5.74) is 2.23. The topological polar surface area (TPSA) is 43.4 Å². The van der Waals surface area contributed by atoms with Gasteiger partial charge in [-0.15, -0.1) is 0 Å². The van der Waals surface area contributed by atoms with Crippen LogP contribution >= 0.6 is 0 Å². The van der Waals surface area contributed by atoms with Gasteiger partial charge < -0.3 is 4.74 Å². The minimum absolute atomic E-state index is 0.0555. The van der Waals surface area contributed by atoms with Crippen LogP contribution < -0.4 is 4.74 Å². The fraction of sp³-hybridized carbons (Fsp3) is 0.455. The Bertz CT molecular complexity index is 415. The standard InChI is InChI=1S/C11H16O3S/c1-9-6-10(2)8-11(7-9)14-4-5-15(3,12)13/h6-8H,4-5H2,1-3H3. The van der Waals surface area contributed by atoms with Crippen molar-refractivity contribution in [2.75, 3.05) is 18.6 Å². The molecule has 0 aliphatic heterocycles. The van der Waals surface area contributed by atoms with Crippen molar-refractivity contribution >= 4 is 9.84 Å². The van der Waals surface area contributed by atoms with E-state index in [1.54, 1.807) is 0 Å². The molecule has 0 aromatic heterocycles. The number of hydrogen-bond acceptors (Lipinski definition) is 3. The average Bonchev–Trinajstić information content (AvgIpc) is 1.99. The molecule has 15 heavy (non-hydrogen) atoms. The lowest BCUT2D eigenvalue weighted by Crippen LogP contribution is -2.12. The van der Waals surface area contributed by atoms with Gasteiger partial charge in [0.2, 0.25) is 0 Å². The number of ether oxygens (including phenoxy) is 1. The molecule has 0 unspecified atom stereocenters. The van der Waals surface area contributed by atoms with Crippen molar-refractivity contribution in [2.45, 2.75) is 13.8 Å². The zero-order valence-electron chi connectivity index (χ0n) is 9.28. The van der Waals surface area contributed by atoms with Crippen LogP contribution in [-0.2, 0) is 9.84 Å². The molecule has 1 aromatic carbocycles. The molecule has 3 nitrogen and oxygen atoms in total. The SMILES string of the molecule is Cc1cc(C)cc(OCCS(C)(=O)=O)c1. The summed E-state index contributed by atoms with van der Waals surface area (Å²) < 4.78 is 27.1. The van der Waals surface area contributed by atoms with Crippen LogP contribution in [-0.4, -0.2) is 27.0 Å². The Hall–Kier alpha value is -1.03. The van der Waals surface area contributed by atoms with Gasteiger partial charge in [0.05, 0.1) is 5.75 Å². The highest BCUT2D eigenvalue weighted by molar-refractivity contribution is 7.90. The Morgan fingerprint density at radius 2 is 1.67 bits per heavy atom. The second kappa shape index (κ2) is 4.66. The van der Waals surface area contributed by atoms with Crippen LogP contribution in [0.25, 0.3) is 0 Å². The third-order valence-corrected chi connectivity index (χ3v) is 2.83. The molecule has 1 aromatic rings.